The first-order valence-corrected chi connectivity index (χ1v) is 10.8. The third-order valence-electron chi connectivity index (χ3n) is 5.69. The third-order valence-corrected chi connectivity index (χ3v) is 5.93. The Bertz CT molecular complexity index is 734. The summed E-state index contributed by atoms with van der Waals surface area (Å²) in [6.45, 7) is 8.41. The predicted octanol–water partition coefficient (Wildman–Crippen LogP) is 3.00. The van der Waals surface area contributed by atoms with Gasteiger partial charge in [-0.1, -0.05) is 17.7 Å². The van der Waals surface area contributed by atoms with Crippen molar-refractivity contribution in [1.82, 2.24) is 10.2 Å². The lowest BCUT2D eigenvalue weighted by Crippen LogP contribution is -2.48. The van der Waals surface area contributed by atoms with Gasteiger partial charge in [0.25, 0.3) is 0 Å². The SMILES string of the molecule is CCOC(=O)N1CCC(NC(N)=NCC2CCN(c3cc(Cl)ccc3C)C2)CC1. The normalized spacial score (nSPS) is 20.8. The molecule has 1 unspecified atom stereocenters. The van der Waals surface area contributed by atoms with E-state index in [1.807, 2.05) is 19.1 Å². The molecule has 2 saturated heterocycles. The summed E-state index contributed by atoms with van der Waals surface area (Å²) in [5, 5.41) is 4.08. The number of aliphatic imine (C=N–C) groups is 1. The van der Waals surface area contributed by atoms with Gasteiger partial charge in [0.05, 0.1) is 6.61 Å². The van der Waals surface area contributed by atoms with E-state index < -0.39 is 0 Å². The molecule has 1 aromatic carbocycles. The molecule has 0 saturated carbocycles. The number of carbonyl (C=O) groups excluding carboxylic acids is 1. The zero-order valence-electron chi connectivity index (χ0n) is 17.4. The van der Waals surface area contributed by atoms with Crippen LogP contribution < -0.4 is 16.0 Å². The maximum Gasteiger partial charge on any atom is 0.409 e. The molecule has 3 N–H and O–H groups in total. The molecule has 2 aliphatic heterocycles. The number of rotatable bonds is 5. The van der Waals surface area contributed by atoms with Gasteiger partial charge in [0, 0.05) is 49.5 Å². The molecule has 160 valence electrons. The molecule has 0 spiro atoms. The van der Waals surface area contributed by atoms with Crippen LogP contribution in [0.3, 0.4) is 0 Å². The van der Waals surface area contributed by atoms with Gasteiger partial charge in [-0.05, 0) is 56.7 Å². The third kappa shape index (κ3) is 5.92. The molecule has 1 amide bonds. The van der Waals surface area contributed by atoms with Crippen molar-refractivity contribution in [3.63, 3.8) is 0 Å². The smallest absolute Gasteiger partial charge is 0.409 e. The number of aryl methyl sites for hydroxylation is 1. The van der Waals surface area contributed by atoms with E-state index in [4.69, 9.17) is 22.1 Å². The van der Waals surface area contributed by atoms with Crippen molar-refractivity contribution in [2.45, 2.75) is 39.2 Å². The van der Waals surface area contributed by atoms with Crippen LogP contribution in [0.5, 0.6) is 0 Å². The maximum absolute atomic E-state index is 11.8. The second kappa shape index (κ2) is 10.1. The molecule has 29 heavy (non-hydrogen) atoms. The monoisotopic (exact) mass is 421 g/mol. The van der Waals surface area contributed by atoms with Crippen LogP contribution in [0.25, 0.3) is 0 Å². The van der Waals surface area contributed by atoms with Gasteiger partial charge in [0.1, 0.15) is 0 Å². The van der Waals surface area contributed by atoms with E-state index in [1.165, 1.54) is 11.3 Å². The fourth-order valence-corrected chi connectivity index (χ4v) is 4.19. The molecule has 1 atom stereocenters. The number of halogens is 1. The summed E-state index contributed by atoms with van der Waals surface area (Å²) < 4.78 is 5.05. The van der Waals surface area contributed by atoms with Crippen LogP contribution >= 0.6 is 11.6 Å². The molecule has 2 aliphatic rings. The first-order valence-electron chi connectivity index (χ1n) is 10.5. The van der Waals surface area contributed by atoms with Gasteiger partial charge in [-0.25, -0.2) is 4.79 Å². The Morgan fingerprint density at radius 2 is 2.07 bits per heavy atom. The van der Waals surface area contributed by atoms with Crippen molar-refractivity contribution in [1.29, 1.82) is 0 Å². The Balaban J connectivity index is 1.43. The van der Waals surface area contributed by atoms with Gasteiger partial charge in [-0.3, -0.25) is 4.99 Å². The number of likely N-dealkylation sites (tertiary alicyclic amines) is 1. The maximum atomic E-state index is 11.8. The largest absolute Gasteiger partial charge is 0.450 e. The van der Waals surface area contributed by atoms with E-state index in [0.717, 1.165) is 43.9 Å². The minimum atomic E-state index is -0.228. The number of nitrogens with one attached hydrogen (secondary N) is 1. The van der Waals surface area contributed by atoms with E-state index in [9.17, 15) is 4.79 Å². The lowest BCUT2D eigenvalue weighted by atomic mass is 10.1. The van der Waals surface area contributed by atoms with Crippen LogP contribution in [0.1, 0.15) is 31.7 Å². The molecule has 2 fully saturated rings. The fraction of sp³-hybridized carbons (Fsp3) is 0.619. The molecule has 0 radical (unpaired) electrons. The number of nitrogens with zero attached hydrogens (tertiary/aromatic N) is 3. The fourth-order valence-electron chi connectivity index (χ4n) is 4.03. The Kier molecular flexibility index (Phi) is 7.47. The van der Waals surface area contributed by atoms with E-state index in [2.05, 4.69) is 28.2 Å². The number of hydrogen-bond acceptors (Lipinski definition) is 4. The van der Waals surface area contributed by atoms with Crippen molar-refractivity contribution in [3.8, 4) is 0 Å². The van der Waals surface area contributed by atoms with Gasteiger partial charge >= 0.3 is 6.09 Å². The first kappa shape index (κ1) is 21.6. The lowest BCUT2D eigenvalue weighted by Gasteiger charge is -2.31. The number of carbonyl (C=O) groups is 1. The predicted molar refractivity (Wildman–Crippen MR) is 118 cm³/mol. The average molecular weight is 422 g/mol. The van der Waals surface area contributed by atoms with E-state index in [-0.39, 0.29) is 12.1 Å². The quantitative estimate of drug-likeness (QED) is 0.564. The number of amides is 1. The lowest BCUT2D eigenvalue weighted by molar-refractivity contribution is 0.0963. The standard InChI is InChI=1S/C21H32ClN5O2/c1-3-29-21(28)26-10-7-18(8-11-26)25-20(23)24-13-16-6-9-27(14-16)19-12-17(22)5-4-15(19)2/h4-5,12,16,18H,3,6-11,13-14H2,1-2H3,(H3,23,24,25). The second-order valence-corrected chi connectivity index (χ2v) is 8.30. The molecular formula is C21H32ClN5O2. The molecule has 3 rings (SSSR count). The molecule has 2 heterocycles. The second-order valence-electron chi connectivity index (χ2n) is 7.86. The summed E-state index contributed by atoms with van der Waals surface area (Å²) in [6, 6.07) is 6.29. The number of hydrogen-bond donors (Lipinski definition) is 2. The van der Waals surface area contributed by atoms with Crippen molar-refractivity contribution in [2.75, 3.05) is 44.2 Å². The summed E-state index contributed by atoms with van der Waals surface area (Å²) in [6.07, 6.45) is 2.56. The molecule has 0 aromatic heterocycles. The molecule has 0 aliphatic carbocycles. The highest BCUT2D eigenvalue weighted by Crippen LogP contribution is 2.29. The number of piperidine rings is 1. The highest BCUT2D eigenvalue weighted by molar-refractivity contribution is 6.30. The van der Waals surface area contributed by atoms with Crippen LogP contribution in [0.2, 0.25) is 5.02 Å². The van der Waals surface area contributed by atoms with Crippen molar-refractivity contribution < 1.29 is 9.53 Å². The summed E-state index contributed by atoms with van der Waals surface area (Å²) >= 11 is 6.17. The summed E-state index contributed by atoms with van der Waals surface area (Å²) in [4.78, 5) is 20.5. The molecule has 0 bridgehead atoms. The zero-order valence-corrected chi connectivity index (χ0v) is 18.1. The van der Waals surface area contributed by atoms with E-state index in [0.29, 0.717) is 31.6 Å². The summed E-state index contributed by atoms with van der Waals surface area (Å²) in [5.41, 5.74) is 8.57. The topological polar surface area (TPSA) is 83.2 Å². The van der Waals surface area contributed by atoms with Crippen LogP contribution in [0, 0.1) is 12.8 Å². The minimum Gasteiger partial charge on any atom is -0.450 e. The van der Waals surface area contributed by atoms with E-state index >= 15 is 0 Å². The Labute approximate surface area is 178 Å². The summed E-state index contributed by atoms with van der Waals surface area (Å²) in [7, 11) is 0. The van der Waals surface area contributed by atoms with Crippen molar-refractivity contribution in [3.05, 3.63) is 28.8 Å². The van der Waals surface area contributed by atoms with Gasteiger partial charge in [-0.2, -0.15) is 0 Å². The minimum absolute atomic E-state index is 0.228. The van der Waals surface area contributed by atoms with Crippen LogP contribution in [-0.4, -0.2) is 62.3 Å². The molecule has 8 heteroatoms. The van der Waals surface area contributed by atoms with Gasteiger partial charge in [0.15, 0.2) is 5.96 Å². The number of anilines is 1. The van der Waals surface area contributed by atoms with Gasteiger partial charge in [-0.15, -0.1) is 0 Å². The van der Waals surface area contributed by atoms with Crippen LogP contribution in [0.15, 0.2) is 23.2 Å². The highest BCUT2D eigenvalue weighted by atomic mass is 35.5. The molecule has 1 aromatic rings. The van der Waals surface area contributed by atoms with Crippen molar-refractivity contribution >= 4 is 29.3 Å². The molecular weight excluding hydrogens is 390 g/mol. The number of ether oxygens (including phenoxy) is 1. The van der Waals surface area contributed by atoms with Crippen LogP contribution in [-0.2, 0) is 4.74 Å². The Morgan fingerprint density at radius 1 is 1.31 bits per heavy atom. The number of guanidine groups is 1. The summed E-state index contributed by atoms with van der Waals surface area (Å²) in [5.74, 6) is 0.983. The average Bonchev–Trinajstić information content (AvgIpc) is 3.18. The number of nitrogens with two attached hydrogens (primary N) is 1. The van der Waals surface area contributed by atoms with Gasteiger partial charge < -0.3 is 25.6 Å². The van der Waals surface area contributed by atoms with Crippen LogP contribution in [0.4, 0.5) is 10.5 Å². The molecule has 7 nitrogen and oxygen atoms in total. The van der Waals surface area contributed by atoms with E-state index in [1.54, 1.807) is 4.90 Å². The Hall–Kier alpha value is -2.15. The van der Waals surface area contributed by atoms with Gasteiger partial charge in [0.2, 0.25) is 0 Å². The number of benzene rings is 1. The zero-order chi connectivity index (χ0) is 20.8. The van der Waals surface area contributed by atoms with Crippen molar-refractivity contribution in [2.24, 2.45) is 16.6 Å². The highest BCUT2D eigenvalue weighted by Gasteiger charge is 2.25. The first-order chi connectivity index (χ1) is 14.0. The Morgan fingerprint density at radius 3 is 2.79 bits per heavy atom.